The summed E-state index contributed by atoms with van der Waals surface area (Å²) < 4.78 is 4.69. The molecule has 2 aromatic rings. The fraction of sp³-hybridized carbons (Fsp3) is 0.333. The zero-order valence-corrected chi connectivity index (χ0v) is 15.1. The predicted octanol–water partition coefficient (Wildman–Crippen LogP) is 4.57. The van der Waals surface area contributed by atoms with E-state index < -0.39 is 5.97 Å². The van der Waals surface area contributed by atoms with E-state index in [-0.39, 0.29) is 5.91 Å². The molecule has 0 spiro atoms. The lowest BCUT2D eigenvalue weighted by molar-refractivity contribution is 0.0600. The molecule has 1 N–H and O–H groups in total. The Balaban J connectivity index is 1.81. The van der Waals surface area contributed by atoms with Crippen molar-refractivity contribution >= 4 is 40.5 Å². The number of esters is 1. The van der Waals surface area contributed by atoms with Gasteiger partial charge in [-0.3, -0.25) is 4.79 Å². The molecular formula is C18H18ClNO3S. The fourth-order valence-corrected chi connectivity index (χ4v) is 4.14. The van der Waals surface area contributed by atoms with Crippen molar-refractivity contribution < 1.29 is 14.3 Å². The number of anilines is 1. The highest BCUT2D eigenvalue weighted by Gasteiger charge is 2.21. The van der Waals surface area contributed by atoms with Crippen molar-refractivity contribution in [2.45, 2.75) is 26.2 Å². The van der Waals surface area contributed by atoms with Crippen LogP contribution in [0.3, 0.4) is 0 Å². The van der Waals surface area contributed by atoms with Crippen LogP contribution in [0.5, 0.6) is 0 Å². The Bertz CT molecular complexity index is 800. The molecule has 1 amide bonds. The molecule has 0 saturated carbocycles. The minimum atomic E-state index is -0.470. The summed E-state index contributed by atoms with van der Waals surface area (Å²) in [4.78, 5) is 26.1. The SMILES string of the molecule is COC(=O)c1ccc(Cl)c(NC(=O)c2cc3c(s2)CC[C@H](C)C3)c1. The molecule has 0 radical (unpaired) electrons. The number of hydrogen-bond donors (Lipinski definition) is 1. The Labute approximate surface area is 149 Å². The van der Waals surface area contributed by atoms with Gasteiger partial charge in [0, 0.05) is 4.88 Å². The molecule has 1 aromatic carbocycles. The van der Waals surface area contributed by atoms with Gasteiger partial charge >= 0.3 is 5.97 Å². The van der Waals surface area contributed by atoms with Crippen molar-refractivity contribution in [2.75, 3.05) is 12.4 Å². The molecule has 0 aliphatic heterocycles. The standard InChI is InChI=1S/C18H18ClNO3S/c1-10-3-6-15-12(7-10)9-16(24-15)17(21)20-14-8-11(18(22)23-2)4-5-13(14)19/h4-5,8-10H,3,6-7H2,1-2H3,(H,20,21)/t10-/m0/s1. The summed E-state index contributed by atoms with van der Waals surface area (Å²) in [6, 6.07) is 6.64. The molecule has 0 bridgehead atoms. The maximum atomic E-state index is 12.5. The molecule has 0 saturated heterocycles. The number of fused-ring (bicyclic) bond motifs is 1. The molecule has 4 nitrogen and oxygen atoms in total. The normalized spacial score (nSPS) is 16.4. The number of hydrogen-bond acceptors (Lipinski definition) is 4. The Hall–Kier alpha value is -1.85. The monoisotopic (exact) mass is 363 g/mol. The van der Waals surface area contributed by atoms with Crippen LogP contribution in [0.2, 0.25) is 5.02 Å². The number of aryl methyl sites for hydroxylation is 1. The number of rotatable bonds is 3. The van der Waals surface area contributed by atoms with Crippen LogP contribution in [-0.2, 0) is 17.6 Å². The van der Waals surface area contributed by atoms with Gasteiger partial charge in [-0.25, -0.2) is 4.79 Å². The van der Waals surface area contributed by atoms with E-state index in [1.165, 1.54) is 41.4 Å². The number of amides is 1. The molecule has 0 fully saturated rings. The first-order chi connectivity index (χ1) is 11.5. The molecule has 1 heterocycles. The lowest BCUT2D eigenvalue weighted by Gasteiger charge is -2.16. The summed E-state index contributed by atoms with van der Waals surface area (Å²) in [5.74, 6) is -0.0112. The van der Waals surface area contributed by atoms with Gasteiger partial charge in [-0.15, -0.1) is 11.3 Å². The van der Waals surface area contributed by atoms with Crippen molar-refractivity contribution in [2.24, 2.45) is 5.92 Å². The topological polar surface area (TPSA) is 55.4 Å². The molecule has 1 aliphatic carbocycles. The van der Waals surface area contributed by atoms with E-state index in [0.717, 1.165) is 12.8 Å². The molecule has 0 unspecified atom stereocenters. The van der Waals surface area contributed by atoms with E-state index in [9.17, 15) is 9.59 Å². The third-order valence-electron chi connectivity index (χ3n) is 4.19. The van der Waals surface area contributed by atoms with Gasteiger partial charge in [0.15, 0.2) is 0 Å². The van der Waals surface area contributed by atoms with Gasteiger partial charge in [-0.2, -0.15) is 0 Å². The van der Waals surface area contributed by atoms with Crippen LogP contribution < -0.4 is 5.32 Å². The highest BCUT2D eigenvalue weighted by Crippen LogP contribution is 2.33. The van der Waals surface area contributed by atoms with Crippen LogP contribution in [-0.4, -0.2) is 19.0 Å². The first-order valence-electron chi connectivity index (χ1n) is 7.78. The zero-order valence-electron chi connectivity index (χ0n) is 13.5. The number of carbonyl (C=O) groups excluding carboxylic acids is 2. The van der Waals surface area contributed by atoms with Crippen molar-refractivity contribution in [1.29, 1.82) is 0 Å². The molecular weight excluding hydrogens is 346 g/mol. The van der Waals surface area contributed by atoms with Crippen molar-refractivity contribution in [3.8, 4) is 0 Å². The van der Waals surface area contributed by atoms with Gasteiger partial charge in [0.05, 0.1) is 28.3 Å². The Morgan fingerprint density at radius 1 is 1.33 bits per heavy atom. The third-order valence-corrected chi connectivity index (χ3v) is 5.75. The number of halogens is 1. The average molecular weight is 364 g/mol. The van der Waals surface area contributed by atoms with E-state index in [0.29, 0.717) is 27.1 Å². The first-order valence-corrected chi connectivity index (χ1v) is 8.98. The van der Waals surface area contributed by atoms with E-state index >= 15 is 0 Å². The first kappa shape index (κ1) is 17.0. The molecule has 1 atom stereocenters. The highest BCUT2D eigenvalue weighted by molar-refractivity contribution is 7.14. The smallest absolute Gasteiger partial charge is 0.337 e. The summed E-state index contributed by atoms with van der Waals surface area (Å²) in [5, 5.41) is 3.18. The number of methoxy groups -OCH3 is 1. The quantitative estimate of drug-likeness (QED) is 0.813. The fourth-order valence-electron chi connectivity index (χ4n) is 2.87. The van der Waals surface area contributed by atoms with E-state index in [1.807, 2.05) is 6.07 Å². The van der Waals surface area contributed by atoms with Gasteiger partial charge < -0.3 is 10.1 Å². The lowest BCUT2D eigenvalue weighted by atomic mass is 9.90. The summed E-state index contributed by atoms with van der Waals surface area (Å²) >= 11 is 7.67. The zero-order chi connectivity index (χ0) is 17.3. The molecule has 126 valence electrons. The molecule has 6 heteroatoms. The maximum absolute atomic E-state index is 12.5. The predicted molar refractivity (Wildman–Crippen MR) is 96.3 cm³/mol. The van der Waals surface area contributed by atoms with Crippen LogP contribution in [0.4, 0.5) is 5.69 Å². The molecule has 1 aromatic heterocycles. The molecule has 24 heavy (non-hydrogen) atoms. The summed E-state index contributed by atoms with van der Waals surface area (Å²) in [5.41, 5.74) is 2.03. The number of benzene rings is 1. The second-order valence-electron chi connectivity index (χ2n) is 6.05. The van der Waals surface area contributed by atoms with Crippen molar-refractivity contribution in [1.82, 2.24) is 0 Å². The van der Waals surface area contributed by atoms with Crippen molar-refractivity contribution in [3.63, 3.8) is 0 Å². The van der Waals surface area contributed by atoms with Gasteiger partial charge in [-0.1, -0.05) is 18.5 Å². The molecule has 1 aliphatic rings. The van der Waals surface area contributed by atoms with Gasteiger partial charge in [0.1, 0.15) is 0 Å². The van der Waals surface area contributed by atoms with Crippen LogP contribution in [0.1, 0.15) is 43.8 Å². The highest BCUT2D eigenvalue weighted by atomic mass is 35.5. The largest absolute Gasteiger partial charge is 0.465 e. The summed E-state index contributed by atoms with van der Waals surface area (Å²) in [6.07, 6.45) is 3.23. The Kier molecular flexibility index (Phi) is 4.92. The van der Waals surface area contributed by atoms with Gasteiger partial charge in [-0.05, 0) is 55.0 Å². The van der Waals surface area contributed by atoms with Crippen molar-refractivity contribution in [3.05, 3.63) is 50.2 Å². The lowest BCUT2D eigenvalue weighted by Crippen LogP contribution is -2.12. The average Bonchev–Trinajstić information content (AvgIpc) is 2.99. The van der Waals surface area contributed by atoms with Crippen LogP contribution >= 0.6 is 22.9 Å². The number of carbonyl (C=O) groups is 2. The summed E-state index contributed by atoms with van der Waals surface area (Å²) in [7, 11) is 1.31. The van der Waals surface area contributed by atoms with E-state index in [1.54, 1.807) is 12.1 Å². The second kappa shape index (κ2) is 6.95. The molecule has 3 rings (SSSR count). The third kappa shape index (κ3) is 3.47. The van der Waals surface area contributed by atoms with Crippen LogP contribution in [0.25, 0.3) is 0 Å². The minimum Gasteiger partial charge on any atom is -0.465 e. The van der Waals surface area contributed by atoms with E-state index in [4.69, 9.17) is 16.3 Å². The Morgan fingerprint density at radius 2 is 2.12 bits per heavy atom. The van der Waals surface area contributed by atoms with Crippen LogP contribution in [0, 0.1) is 5.92 Å². The van der Waals surface area contributed by atoms with E-state index in [2.05, 4.69) is 12.2 Å². The number of nitrogens with one attached hydrogen (secondary N) is 1. The van der Waals surface area contributed by atoms with Crippen LogP contribution in [0.15, 0.2) is 24.3 Å². The Morgan fingerprint density at radius 3 is 2.88 bits per heavy atom. The summed E-state index contributed by atoms with van der Waals surface area (Å²) in [6.45, 7) is 2.23. The second-order valence-corrected chi connectivity index (χ2v) is 7.59. The maximum Gasteiger partial charge on any atom is 0.337 e. The van der Waals surface area contributed by atoms with Gasteiger partial charge in [0.25, 0.3) is 5.91 Å². The number of ether oxygens (including phenoxy) is 1. The number of thiophene rings is 1. The van der Waals surface area contributed by atoms with Gasteiger partial charge in [0.2, 0.25) is 0 Å². The minimum absolute atomic E-state index is 0.203.